The van der Waals surface area contributed by atoms with Gasteiger partial charge in [0.2, 0.25) is 5.78 Å². The summed E-state index contributed by atoms with van der Waals surface area (Å²) in [5.41, 5.74) is 2.02. The molecule has 0 aliphatic carbocycles. The summed E-state index contributed by atoms with van der Waals surface area (Å²) < 4.78 is 10.2. The number of Topliss-reactive ketones (excluding diaryl/α,β-unsaturated/α-hetero) is 2. The molecule has 0 saturated heterocycles. The molecule has 0 radical (unpaired) electrons. The molecule has 2 aromatic rings. The molecule has 1 aromatic carbocycles. The first kappa shape index (κ1) is 18.7. The second-order valence-corrected chi connectivity index (χ2v) is 5.96. The average Bonchev–Trinajstić information content (AvgIpc) is 2.86. The molecule has 7 heteroatoms. The van der Waals surface area contributed by atoms with Crippen molar-refractivity contribution in [2.45, 2.75) is 20.8 Å². The number of carbonyl (C=O) groups is 3. The topological polar surface area (TPSA) is 85.5 Å². The normalized spacial score (nSPS) is 10.4. The van der Waals surface area contributed by atoms with Crippen LogP contribution in [0.2, 0.25) is 5.02 Å². The Kier molecular flexibility index (Phi) is 5.64. The molecule has 0 atom stereocenters. The Bertz CT molecular complexity index is 853. The summed E-state index contributed by atoms with van der Waals surface area (Å²) in [6.07, 6.45) is 0. The van der Waals surface area contributed by atoms with E-state index in [1.807, 2.05) is 0 Å². The third-order valence-corrected chi connectivity index (χ3v) is 4.02. The van der Waals surface area contributed by atoms with E-state index in [-0.39, 0.29) is 17.0 Å². The van der Waals surface area contributed by atoms with Gasteiger partial charge in [0.15, 0.2) is 12.4 Å². The molecule has 0 unspecified atom stereocenters. The quantitative estimate of drug-likeness (QED) is 0.626. The second kappa shape index (κ2) is 7.53. The van der Waals surface area contributed by atoms with Gasteiger partial charge in [-0.15, -0.1) is 0 Å². The largest absolute Gasteiger partial charge is 0.496 e. The predicted octanol–water partition coefficient (Wildman–Crippen LogP) is 3.54. The van der Waals surface area contributed by atoms with Crippen molar-refractivity contribution < 1.29 is 23.9 Å². The van der Waals surface area contributed by atoms with Gasteiger partial charge in [-0.05, 0) is 44.5 Å². The van der Waals surface area contributed by atoms with E-state index in [2.05, 4.69) is 4.98 Å². The Labute approximate surface area is 150 Å². The van der Waals surface area contributed by atoms with E-state index in [4.69, 9.17) is 21.1 Å². The summed E-state index contributed by atoms with van der Waals surface area (Å²) in [7, 11) is 1.42. The highest BCUT2D eigenvalue weighted by atomic mass is 35.5. The molecule has 132 valence electrons. The molecule has 25 heavy (non-hydrogen) atoms. The molecule has 1 aromatic heterocycles. The smallest absolute Gasteiger partial charge is 0.342 e. The first-order valence-electron chi connectivity index (χ1n) is 7.50. The number of halogens is 1. The first-order valence-corrected chi connectivity index (χ1v) is 7.88. The number of benzene rings is 1. The minimum Gasteiger partial charge on any atom is -0.496 e. The Morgan fingerprint density at radius 1 is 1.20 bits per heavy atom. The van der Waals surface area contributed by atoms with Crippen LogP contribution in [0.4, 0.5) is 0 Å². The summed E-state index contributed by atoms with van der Waals surface area (Å²) in [6, 6.07) is 4.53. The van der Waals surface area contributed by atoms with Crippen LogP contribution in [0.1, 0.15) is 49.4 Å². The van der Waals surface area contributed by atoms with Crippen molar-refractivity contribution in [1.82, 2.24) is 4.98 Å². The molecule has 6 nitrogen and oxygen atoms in total. The highest BCUT2D eigenvalue weighted by Crippen LogP contribution is 2.24. The maximum atomic E-state index is 12.3. The molecule has 1 N–H and O–H groups in total. The highest BCUT2D eigenvalue weighted by molar-refractivity contribution is 6.31. The van der Waals surface area contributed by atoms with Gasteiger partial charge in [0.25, 0.3) is 0 Å². The highest BCUT2D eigenvalue weighted by Gasteiger charge is 2.22. The lowest BCUT2D eigenvalue weighted by Gasteiger charge is -2.09. The van der Waals surface area contributed by atoms with Gasteiger partial charge in [0, 0.05) is 16.3 Å². The van der Waals surface area contributed by atoms with Gasteiger partial charge in [0.05, 0.1) is 12.8 Å². The predicted molar refractivity (Wildman–Crippen MR) is 92.9 cm³/mol. The SMILES string of the molecule is COc1ccc(Cl)cc1C(=O)OCC(=O)c1[nH]c(C)c(C(C)=O)c1C. The van der Waals surface area contributed by atoms with Crippen molar-refractivity contribution in [3.8, 4) is 5.75 Å². The van der Waals surface area contributed by atoms with Crippen LogP contribution < -0.4 is 4.74 Å². The third kappa shape index (κ3) is 3.91. The van der Waals surface area contributed by atoms with E-state index in [0.29, 0.717) is 27.6 Å². The fourth-order valence-electron chi connectivity index (χ4n) is 2.68. The summed E-state index contributed by atoms with van der Waals surface area (Å²) >= 11 is 5.88. The third-order valence-electron chi connectivity index (χ3n) is 3.78. The number of ether oxygens (including phenoxy) is 2. The molecule has 2 rings (SSSR count). The van der Waals surface area contributed by atoms with E-state index in [1.54, 1.807) is 26.0 Å². The Hall–Kier alpha value is -2.60. The van der Waals surface area contributed by atoms with E-state index in [0.717, 1.165) is 0 Å². The van der Waals surface area contributed by atoms with Gasteiger partial charge in [-0.25, -0.2) is 4.79 Å². The van der Waals surface area contributed by atoms with E-state index >= 15 is 0 Å². The standard InChI is InChI=1S/C18H18ClNO5/c1-9-16(11(3)21)10(2)20-17(9)14(22)8-25-18(23)13-7-12(19)5-6-15(13)24-4/h5-7,20H,8H2,1-4H3. The molecule has 1 heterocycles. The molecule has 0 bridgehead atoms. The van der Waals surface area contributed by atoms with E-state index in [1.165, 1.54) is 20.1 Å². The molecule has 0 spiro atoms. The molecule has 0 aliphatic rings. The summed E-state index contributed by atoms with van der Waals surface area (Å²) in [4.78, 5) is 39.0. The fraction of sp³-hybridized carbons (Fsp3) is 0.278. The number of aryl methyl sites for hydroxylation is 1. The van der Waals surface area contributed by atoms with E-state index in [9.17, 15) is 14.4 Å². The number of hydrogen-bond acceptors (Lipinski definition) is 5. The molecule has 0 fully saturated rings. The van der Waals surface area contributed by atoms with Crippen molar-refractivity contribution in [2.24, 2.45) is 0 Å². The maximum Gasteiger partial charge on any atom is 0.342 e. The number of rotatable bonds is 6. The molecule has 0 saturated carbocycles. The number of ketones is 2. The number of aromatic nitrogens is 1. The number of carbonyl (C=O) groups excluding carboxylic acids is 3. The van der Waals surface area contributed by atoms with Gasteiger partial charge < -0.3 is 14.5 Å². The zero-order valence-electron chi connectivity index (χ0n) is 14.4. The number of nitrogens with one attached hydrogen (secondary N) is 1. The Balaban J connectivity index is 2.16. The monoisotopic (exact) mass is 363 g/mol. The Morgan fingerprint density at radius 2 is 1.88 bits per heavy atom. The molecule has 0 aliphatic heterocycles. The van der Waals surface area contributed by atoms with Crippen LogP contribution in [0.25, 0.3) is 0 Å². The number of H-pyrrole nitrogens is 1. The average molecular weight is 364 g/mol. The summed E-state index contributed by atoms with van der Waals surface area (Å²) in [6.45, 7) is 4.36. The van der Waals surface area contributed by atoms with Crippen molar-refractivity contribution in [2.75, 3.05) is 13.7 Å². The van der Waals surface area contributed by atoms with Crippen LogP contribution in [0.15, 0.2) is 18.2 Å². The maximum absolute atomic E-state index is 12.3. The number of hydrogen-bond donors (Lipinski definition) is 1. The van der Waals surface area contributed by atoms with Crippen LogP contribution in [0, 0.1) is 13.8 Å². The first-order chi connectivity index (χ1) is 11.8. The minimum absolute atomic E-state index is 0.131. The van der Waals surface area contributed by atoms with Gasteiger partial charge in [-0.1, -0.05) is 11.6 Å². The molecule has 0 amide bonds. The zero-order chi connectivity index (χ0) is 18.7. The minimum atomic E-state index is -0.722. The van der Waals surface area contributed by atoms with Gasteiger partial charge in [-0.3, -0.25) is 9.59 Å². The van der Waals surface area contributed by atoms with Crippen LogP contribution in [0.5, 0.6) is 5.75 Å². The Morgan fingerprint density at radius 3 is 2.44 bits per heavy atom. The molecular formula is C18H18ClNO5. The fourth-order valence-corrected chi connectivity index (χ4v) is 2.85. The van der Waals surface area contributed by atoms with Gasteiger partial charge in [-0.2, -0.15) is 0 Å². The second-order valence-electron chi connectivity index (χ2n) is 5.53. The zero-order valence-corrected chi connectivity index (χ0v) is 15.1. The van der Waals surface area contributed by atoms with Gasteiger partial charge >= 0.3 is 5.97 Å². The number of esters is 1. The van der Waals surface area contributed by atoms with Gasteiger partial charge in [0.1, 0.15) is 11.3 Å². The van der Waals surface area contributed by atoms with E-state index < -0.39 is 18.4 Å². The van der Waals surface area contributed by atoms with Crippen LogP contribution in [-0.2, 0) is 4.74 Å². The van der Waals surface area contributed by atoms with Crippen molar-refractivity contribution in [1.29, 1.82) is 0 Å². The molecular weight excluding hydrogens is 346 g/mol. The summed E-state index contributed by atoms with van der Waals surface area (Å²) in [5.74, 6) is -0.985. The number of methoxy groups -OCH3 is 1. The van der Waals surface area contributed by atoms with Crippen molar-refractivity contribution >= 4 is 29.1 Å². The van der Waals surface area contributed by atoms with Crippen molar-refractivity contribution in [3.05, 3.63) is 51.3 Å². The van der Waals surface area contributed by atoms with Crippen LogP contribution in [0.3, 0.4) is 0 Å². The number of aromatic amines is 1. The van der Waals surface area contributed by atoms with Crippen LogP contribution >= 0.6 is 11.6 Å². The summed E-state index contributed by atoms with van der Waals surface area (Å²) in [5, 5.41) is 0.348. The lowest BCUT2D eigenvalue weighted by molar-refractivity contribution is 0.0470. The lowest BCUT2D eigenvalue weighted by atomic mass is 10.1. The lowest BCUT2D eigenvalue weighted by Crippen LogP contribution is -2.16. The van der Waals surface area contributed by atoms with Crippen LogP contribution in [-0.4, -0.2) is 36.2 Å². The van der Waals surface area contributed by atoms with Crippen molar-refractivity contribution in [3.63, 3.8) is 0 Å².